The molecule has 98 valence electrons. The summed E-state index contributed by atoms with van der Waals surface area (Å²) >= 11 is 0. The van der Waals surface area contributed by atoms with Gasteiger partial charge in [-0.1, -0.05) is 24.3 Å². The number of nitrogens with one attached hydrogen (secondary N) is 1. The fraction of sp³-hybridized carbons (Fsp3) is 0.385. The van der Waals surface area contributed by atoms with Gasteiger partial charge in [0.15, 0.2) is 0 Å². The summed E-state index contributed by atoms with van der Waals surface area (Å²) in [6.45, 7) is 5.34. The van der Waals surface area contributed by atoms with Crippen LogP contribution < -0.4 is 29.3 Å². The number of alkyl carbamates (subject to hydrolysis) is 1. The summed E-state index contributed by atoms with van der Waals surface area (Å²) < 4.78 is 5.05. The van der Waals surface area contributed by atoms with Gasteiger partial charge in [0.2, 0.25) is 0 Å². The fourth-order valence-electron chi connectivity index (χ4n) is 1.36. The Morgan fingerprint density at radius 1 is 1.26 bits per heavy atom. The van der Waals surface area contributed by atoms with E-state index in [1.54, 1.807) is 39.0 Å². The molecule has 0 aliphatic heterocycles. The summed E-state index contributed by atoms with van der Waals surface area (Å²) in [5.74, 6) is -1.27. The van der Waals surface area contributed by atoms with Gasteiger partial charge in [-0.2, -0.15) is 0 Å². The van der Waals surface area contributed by atoms with Gasteiger partial charge in [-0.15, -0.1) is 0 Å². The minimum Gasteiger partial charge on any atom is -0.545 e. The van der Waals surface area contributed by atoms with Crippen molar-refractivity contribution in [2.75, 3.05) is 0 Å². The van der Waals surface area contributed by atoms with Gasteiger partial charge in [0, 0.05) is 12.1 Å². The van der Waals surface area contributed by atoms with E-state index in [1.165, 1.54) is 6.07 Å². The maximum Gasteiger partial charge on any atom is 1.00 e. The molecular formula is C13H16LiNO4. The molecule has 1 aromatic carbocycles. The second-order valence-corrected chi connectivity index (χ2v) is 4.80. The van der Waals surface area contributed by atoms with Gasteiger partial charge < -0.3 is 20.0 Å². The molecule has 0 heterocycles. The summed E-state index contributed by atoms with van der Waals surface area (Å²) in [4.78, 5) is 22.3. The predicted octanol–water partition coefficient (Wildman–Crippen LogP) is -1.92. The van der Waals surface area contributed by atoms with Crippen LogP contribution in [0.1, 0.15) is 36.7 Å². The van der Waals surface area contributed by atoms with E-state index in [0.29, 0.717) is 5.56 Å². The molecule has 0 radical (unpaired) electrons. The first-order valence-corrected chi connectivity index (χ1v) is 5.56. The van der Waals surface area contributed by atoms with Crippen LogP contribution in [-0.2, 0) is 11.3 Å². The van der Waals surface area contributed by atoms with E-state index < -0.39 is 17.7 Å². The van der Waals surface area contributed by atoms with Crippen LogP contribution in [0.4, 0.5) is 4.79 Å². The number of amides is 1. The van der Waals surface area contributed by atoms with Crippen LogP contribution in [0, 0.1) is 0 Å². The smallest absolute Gasteiger partial charge is 0.545 e. The molecule has 0 bridgehead atoms. The molecule has 1 N–H and O–H groups in total. The number of carbonyl (C=O) groups excluding carboxylic acids is 2. The predicted molar refractivity (Wildman–Crippen MR) is 63.8 cm³/mol. The third kappa shape index (κ3) is 6.32. The van der Waals surface area contributed by atoms with Crippen LogP contribution >= 0.6 is 0 Å². The van der Waals surface area contributed by atoms with E-state index in [0.717, 1.165) is 0 Å². The quantitative estimate of drug-likeness (QED) is 0.640. The first-order valence-electron chi connectivity index (χ1n) is 5.56. The maximum absolute atomic E-state index is 11.4. The van der Waals surface area contributed by atoms with Crippen molar-refractivity contribution in [3.63, 3.8) is 0 Å². The molecule has 19 heavy (non-hydrogen) atoms. The fourth-order valence-corrected chi connectivity index (χ4v) is 1.36. The summed E-state index contributed by atoms with van der Waals surface area (Å²) in [6.07, 6.45) is -0.587. The van der Waals surface area contributed by atoms with Gasteiger partial charge >= 0.3 is 25.0 Å². The molecule has 0 aliphatic rings. The Morgan fingerprint density at radius 2 is 1.84 bits per heavy atom. The van der Waals surface area contributed by atoms with E-state index in [2.05, 4.69) is 5.32 Å². The summed E-state index contributed by atoms with van der Waals surface area (Å²) in [5.41, 5.74) is -0.0465. The van der Waals surface area contributed by atoms with Crippen LogP contribution in [-0.4, -0.2) is 17.7 Å². The molecular weight excluding hydrogens is 241 g/mol. The Kier molecular flexibility index (Phi) is 6.67. The van der Waals surface area contributed by atoms with E-state index in [9.17, 15) is 14.7 Å². The van der Waals surface area contributed by atoms with Crippen molar-refractivity contribution in [2.24, 2.45) is 0 Å². The molecule has 5 nitrogen and oxygen atoms in total. The van der Waals surface area contributed by atoms with Crippen LogP contribution in [0.2, 0.25) is 0 Å². The Bertz CT molecular complexity index is 454. The van der Waals surface area contributed by atoms with Crippen LogP contribution in [0.15, 0.2) is 24.3 Å². The zero-order valence-corrected chi connectivity index (χ0v) is 11.6. The standard InChI is InChI=1S/C13H17NO4.Li/c1-13(2,3)18-12(17)14-8-9-6-4-5-7-10(9)11(15)16;/h4-7H,8H2,1-3H3,(H,14,17)(H,15,16);/q;+1/p-1. The van der Waals surface area contributed by atoms with Gasteiger partial charge in [0.25, 0.3) is 0 Å². The van der Waals surface area contributed by atoms with E-state index in [1.807, 2.05) is 0 Å². The zero-order chi connectivity index (χ0) is 13.8. The monoisotopic (exact) mass is 257 g/mol. The van der Waals surface area contributed by atoms with Gasteiger partial charge in [-0.05, 0) is 26.3 Å². The van der Waals surface area contributed by atoms with Crippen molar-refractivity contribution in [1.29, 1.82) is 0 Å². The van der Waals surface area contributed by atoms with Gasteiger partial charge in [0.1, 0.15) is 5.60 Å². The number of carboxylic acids is 1. The first kappa shape index (κ1) is 17.6. The number of rotatable bonds is 3. The second kappa shape index (κ2) is 7.22. The van der Waals surface area contributed by atoms with Gasteiger partial charge in [0.05, 0.1) is 5.97 Å². The van der Waals surface area contributed by atoms with Crippen molar-refractivity contribution in [1.82, 2.24) is 5.32 Å². The minimum absolute atomic E-state index is 0. The molecule has 0 saturated heterocycles. The third-order valence-corrected chi connectivity index (χ3v) is 2.06. The zero-order valence-electron chi connectivity index (χ0n) is 11.6. The van der Waals surface area contributed by atoms with Crippen molar-refractivity contribution in [3.8, 4) is 0 Å². The Morgan fingerprint density at radius 3 is 2.37 bits per heavy atom. The number of carbonyl (C=O) groups is 2. The SMILES string of the molecule is CC(C)(C)OC(=O)NCc1ccccc1C(=O)[O-].[Li+]. The molecule has 0 spiro atoms. The normalized spacial score (nSPS) is 10.3. The Balaban J connectivity index is 0.00000324. The first-order chi connectivity index (χ1) is 8.29. The topological polar surface area (TPSA) is 78.5 Å². The number of benzene rings is 1. The number of carboxylic acid groups (broad SMARTS) is 1. The Hall–Kier alpha value is -1.44. The second-order valence-electron chi connectivity index (χ2n) is 4.80. The number of ether oxygens (including phenoxy) is 1. The molecule has 1 amide bonds. The van der Waals surface area contributed by atoms with Crippen LogP contribution in [0.5, 0.6) is 0 Å². The van der Waals surface area contributed by atoms with Crippen molar-refractivity contribution < 1.29 is 38.3 Å². The molecule has 1 rings (SSSR count). The van der Waals surface area contributed by atoms with E-state index in [-0.39, 0.29) is 31.0 Å². The summed E-state index contributed by atoms with van der Waals surface area (Å²) in [7, 11) is 0. The summed E-state index contributed by atoms with van der Waals surface area (Å²) in [6, 6.07) is 6.34. The molecule has 1 aromatic rings. The van der Waals surface area contributed by atoms with Crippen molar-refractivity contribution in [3.05, 3.63) is 35.4 Å². The molecule has 0 fully saturated rings. The number of hydrogen-bond acceptors (Lipinski definition) is 4. The molecule has 0 atom stereocenters. The molecule has 0 unspecified atom stereocenters. The third-order valence-electron chi connectivity index (χ3n) is 2.06. The molecule has 6 heteroatoms. The molecule has 0 saturated carbocycles. The van der Waals surface area contributed by atoms with Crippen LogP contribution in [0.25, 0.3) is 0 Å². The summed E-state index contributed by atoms with van der Waals surface area (Å²) in [5, 5.41) is 13.3. The number of aromatic carboxylic acids is 1. The Labute approximate surface area is 124 Å². The molecule has 0 aliphatic carbocycles. The average molecular weight is 257 g/mol. The largest absolute Gasteiger partial charge is 1.00 e. The minimum atomic E-state index is -1.27. The molecule has 0 aromatic heterocycles. The maximum atomic E-state index is 11.4. The van der Waals surface area contributed by atoms with E-state index >= 15 is 0 Å². The van der Waals surface area contributed by atoms with Crippen molar-refractivity contribution in [2.45, 2.75) is 32.9 Å². The average Bonchev–Trinajstić information content (AvgIpc) is 2.24. The van der Waals surface area contributed by atoms with E-state index in [4.69, 9.17) is 4.74 Å². The van der Waals surface area contributed by atoms with Gasteiger partial charge in [-0.3, -0.25) is 0 Å². The number of hydrogen-bond donors (Lipinski definition) is 1. The van der Waals surface area contributed by atoms with Crippen LogP contribution in [0.3, 0.4) is 0 Å². The van der Waals surface area contributed by atoms with Crippen molar-refractivity contribution >= 4 is 12.1 Å². The van der Waals surface area contributed by atoms with Gasteiger partial charge in [-0.25, -0.2) is 4.79 Å².